The van der Waals surface area contributed by atoms with Gasteiger partial charge in [-0.3, -0.25) is 19.6 Å². The van der Waals surface area contributed by atoms with Gasteiger partial charge in [0.2, 0.25) is 5.91 Å². The molecule has 9 heteroatoms. The summed E-state index contributed by atoms with van der Waals surface area (Å²) in [6, 6.07) is 0. The first-order valence-electron chi connectivity index (χ1n) is 9.99. The fraction of sp³-hybridized carbons (Fsp3) is 0.889. The van der Waals surface area contributed by atoms with E-state index in [2.05, 4.69) is 32.3 Å². The highest BCUT2D eigenvalue weighted by Crippen LogP contribution is 2.01. The zero-order valence-electron chi connectivity index (χ0n) is 16.9. The maximum atomic E-state index is 11.4. The van der Waals surface area contributed by atoms with Crippen LogP contribution in [0.3, 0.4) is 0 Å². The van der Waals surface area contributed by atoms with Gasteiger partial charge in [0.1, 0.15) is 0 Å². The Labute approximate surface area is 181 Å². The van der Waals surface area contributed by atoms with Gasteiger partial charge in [-0.05, 0) is 13.3 Å². The van der Waals surface area contributed by atoms with Gasteiger partial charge < -0.3 is 20.3 Å². The number of hydrogen-bond donors (Lipinski definition) is 2. The molecule has 8 nitrogen and oxygen atoms in total. The SMILES string of the molecule is CCNC(=NCCCN1CCOCC1)NCCN1CCN(C(C)=O)CC1.I. The normalized spacial score (nSPS) is 19.5. The maximum absolute atomic E-state index is 11.4. The number of nitrogens with one attached hydrogen (secondary N) is 2. The molecule has 0 saturated carbocycles. The number of morpholine rings is 1. The van der Waals surface area contributed by atoms with Crippen LogP contribution in [0.15, 0.2) is 4.99 Å². The summed E-state index contributed by atoms with van der Waals surface area (Å²) in [6.45, 7) is 15.8. The Morgan fingerprint density at radius 2 is 1.67 bits per heavy atom. The molecule has 2 N–H and O–H groups in total. The van der Waals surface area contributed by atoms with Crippen molar-refractivity contribution in [1.29, 1.82) is 0 Å². The molecular formula is C18H37IN6O2. The predicted molar refractivity (Wildman–Crippen MR) is 120 cm³/mol. The van der Waals surface area contributed by atoms with E-state index in [1.807, 2.05) is 4.90 Å². The van der Waals surface area contributed by atoms with E-state index >= 15 is 0 Å². The fourth-order valence-corrected chi connectivity index (χ4v) is 3.27. The van der Waals surface area contributed by atoms with Crippen molar-refractivity contribution in [3.63, 3.8) is 0 Å². The van der Waals surface area contributed by atoms with Gasteiger partial charge in [0.15, 0.2) is 5.96 Å². The molecule has 0 aromatic rings. The largest absolute Gasteiger partial charge is 0.379 e. The van der Waals surface area contributed by atoms with E-state index in [1.165, 1.54) is 0 Å². The summed E-state index contributed by atoms with van der Waals surface area (Å²) in [5.41, 5.74) is 0. The molecular weight excluding hydrogens is 459 g/mol. The average molecular weight is 496 g/mol. The third-order valence-electron chi connectivity index (χ3n) is 4.89. The van der Waals surface area contributed by atoms with E-state index < -0.39 is 0 Å². The van der Waals surface area contributed by atoms with Crippen LogP contribution in [-0.2, 0) is 9.53 Å². The molecule has 27 heavy (non-hydrogen) atoms. The maximum Gasteiger partial charge on any atom is 0.219 e. The van der Waals surface area contributed by atoms with Crippen LogP contribution in [0.1, 0.15) is 20.3 Å². The van der Waals surface area contributed by atoms with E-state index in [-0.39, 0.29) is 29.9 Å². The average Bonchev–Trinajstić information content (AvgIpc) is 2.66. The molecule has 0 aromatic heterocycles. The highest BCUT2D eigenvalue weighted by atomic mass is 127. The zero-order valence-corrected chi connectivity index (χ0v) is 19.2. The van der Waals surface area contributed by atoms with Crippen LogP contribution in [0.5, 0.6) is 0 Å². The number of amides is 1. The molecule has 2 fully saturated rings. The number of halogens is 1. The predicted octanol–water partition coefficient (Wildman–Crippen LogP) is 0.0459. The number of nitrogens with zero attached hydrogens (tertiary/aromatic N) is 4. The summed E-state index contributed by atoms with van der Waals surface area (Å²) in [5.74, 6) is 1.08. The third kappa shape index (κ3) is 9.91. The number of piperazine rings is 1. The second kappa shape index (κ2) is 14.4. The van der Waals surface area contributed by atoms with Gasteiger partial charge in [-0.15, -0.1) is 24.0 Å². The highest BCUT2D eigenvalue weighted by Gasteiger charge is 2.17. The third-order valence-corrected chi connectivity index (χ3v) is 4.89. The van der Waals surface area contributed by atoms with Crippen molar-refractivity contribution in [2.75, 3.05) is 85.2 Å². The number of carbonyl (C=O) groups is 1. The van der Waals surface area contributed by atoms with Gasteiger partial charge in [0.25, 0.3) is 0 Å². The molecule has 0 bridgehead atoms. The van der Waals surface area contributed by atoms with Crippen LogP contribution < -0.4 is 10.6 Å². The number of carbonyl (C=O) groups excluding carboxylic acids is 1. The topological polar surface area (TPSA) is 72.4 Å². The molecule has 0 spiro atoms. The quantitative estimate of drug-likeness (QED) is 0.214. The number of rotatable bonds is 8. The van der Waals surface area contributed by atoms with Gasteiger partial charge in [0.05, 0.1) is 13.2 Å². The number of aliphatic imine (C=N–C) groups is 1. The van der Waals surface area contributed by atoms with Crippen molar-refractivity contribution in [3.05, 3.63) is 0 Å². The lowest BCUT2D eigenvalue weighted by Gasteiger charge is -2.34. The molecule has 0 radical (unpaired) electrons. The molecule has 2 heterocycles. The summed E-state index contributed by atoms with van der Waals surface area (Å²) in [7, 11) is 0. The summed E-state index contributed by atoms with van der Waals surface area (Å²) in [5, 5.41) is 6.74. The number of ether oxygens (including phenoxy) is 1. The Kier molecular flexibility index (Phi) is 13.0. The van der Waals surface area contributed by atoms with Crippen LogP contribution in [-0.4, -0.2) is 112 Å². The second-order valence-electron chi connectivity index (χ2n) is 6.84. The van der Waals surface area contributed by atoms with Crippen LogP contribution >= 0.6 is 24.0 Å². The highest BCUT2D eigenvalue weighted by molar-refractivity contribution is 14.0. The first-order valence-corrected chi connectivity index (χ1v) is 9.99. The summed E-state index contributed by atoms with van der Waals surface area (Å²) >= 11 is 0. The molecule has 2 saturated heterocycles. The number of guanidine groups is 1. The first-order chi connectivity index (χ1) is 12.7. The standard InChI is InChI=1S/C18H36N6O2.HI/c1-3-19-18(20-5-4-7-22-13-15-26-16-14-22)21-6-8-23-9-11-24(12-10-23)17(2)25;/h3-16H2,1-2H3,(H2,19,20,21);1H. The first kappa shape index (κ1) is 24.4. The van der Waals surface area contributed by atoms with Crippen molar-refractivity contribution in [3.8, 4) is 0 Å². The summed E-state index contributed by atoms with van der Waals surface area (Å²) < 4.78 is 5.38. The van der Waals surface area contributed by atoms with Gasteiger partial charge >= 0.3 is 0 Å². The van der Waals surface area contributed by atoms with E-state index in [0.29, 0.717) is 0 Å². The summed E-state index contributed by atoms with van der Waals surface area (Å²) in [4.78, 5) is 22.8. The van der Waals surface area contributed by atoms with Gasteiger partial charge in [0, 0.05) is 78.9 Å². The Balaban J connectivity index is 0.00000364. The van der Waals surface area contributed by atoms with Crippen LogP contribution in [0.25, 0.3) is 0 Å². The zero-order chi connectivity index (χ0) is 18.6. The van der Waals surface area contributed by atoms with E-state index in [1.54, 1.807) is 6.92 Å². The lowest BCUT2D eigenvalue weighted by atomic mass is 10.3. The van der Waals surface area contributed by atoms with Crippen LogP contribution in [0, 0.1) is 0 Å². The van der Waals surface area contributed by atoms with Crippen molar-refractivity contribution in [1.82, 2.24) is 25.3 Å². The molecule has 0 aromatic carbocycles. The van der Waals surface area contributed by atoms with Crippen molar-refractivity contribution >= 4 is 35.8 Å². The van der Waals surface area contributed by atoms with Crippen LogP contribution in [0.4, 0.5) is 0 Å². The molecule has 158 valence electrons. The van der Waals surface area contributed by atoms with Gasteiger partial charge in [-0.2, -0.15) is 0 Å². The minimum Gasteiger partial charge on any atom is -0.379 e. The Morgan fingerprint density at radius 3 is 2.30 bits per heavy atom. The Morgan fingerprint density at radius 1 is 1.00 bits per heavy atom. The minimum absolute atomic E-state index is 0. The number of hydrogen-bond acceptors (Lipinski definition) is 5. The lowest BCUT2D eigenvalue weighted by molar-refractivity contribution is -0.130. The fourth-order valence-electron chi connectivity index (χ4n) is 3.27. The molecule has 2 rings (SSSR count). The molecule has 2 aliphatic heterocycles. The van der Waals surface area contributed by atoms with Crippen molar-refractivity contribution < 1.29 is 9.53 Å². The lowest BCUT2D eigenvalue weighted by Crippen LogP contribution is -2.50. The Hall–Kier alpha value is -0.650. The Bertz CT molecular complexity index is 438. The smallest absolute Gasteiger partial charge is 0.219 e. The monoisotopic (exact) mass is 496 g/mol. The minimum atomic E-state index is 0. The van der Waals surface area contributed by atoms with E-state index in [0.717, 1.165) is 97.6 Å². The summed E-state index contributed by atoms with van der Waals surface area (Å²) in [6.07, 6.45) is 1.07. The molecule has 0 aliphatic carbocycles. The molecule has 0 unspecified atom stereocenters. The van der Waals surface area contributed by atoms with Gasteiger partial charge in [-0.1, -0.05) is 0 Å². The second-order valence-corrected chi connectivity index (χ2v) is 6.84. The van der Waals surface area contributed by atoms with Crippen molar-refractivity contribution in [2.24, 2.45) is 4.99 Å². The van der Waals surface area contributed by atoms with Gasteiger partial charge in [-0.25, -0.2) is 0 Å². The molecule has 1 amide bonds. The van der Waals surface area contributed by atoms with Crippen molar-refractivity contribution in [2.45, 2.75) is 20.3 Å². The van der Waals surface area contributed by atoms with E-state index in [9.17, 15) is 4.79 Å². The van der Waals surface area contributed by atoms with E-state index in [4.69, 9.17) is 4.74 Å². The van der Waals surface area contributed by atoms with Crippen LogP contribution in [0.2, 0.25) is 0 Å². The molecule has 0 atom stereocenters. The molecule has 2 aliphatic rings.